The van der Waals surface area contributed by atoms with Gasteiger partial charge >= 0.3 is 0 Å². The van der Waals surface area contributed by atoms with Crippen molar-refractivity contribution in [3.8, 4) is 0 Å². The van der Waals surface area contributed by atoms with Gasteiger partial charge in [0.15, 0.2) is 9.84 Å². The van der Waals surface area contributed by atoms with Crippen LogP contribution in [0.15, 0.2) is 53.4 Å². The van der Waals surface area contributed by atoms with Crippen molar-refractivity contribution in [2.45, 2.75) is 42.1 Å². The zero-order valence-electron chi connectivity index (χ0n) is 13.0. The molecule has 0 aliphatic heterocycles. The van der Waals surface area contributed by atoms with Gasteiger partial charge in [-0.05, 0) is 49.1 Å². The highest BCUT2D eigenvalue weighted by Gasteiger charge is 2.36. The van der Waals surface area contributed by atoms with Crippen molar-refractivity contribution in [1.29, 1.82) is 0 Å². The highest BCUT2D eigenvalue weighted by Crippen LogP contribution is 2.34. The van der Waals surface area contributed by atoms with Gasteiger partial charge < -0.3 is 4.74 Å². The van der Waals surface area contributed by atoms with Crippen LogP contribution in [0.4, 0.5) is 0 Å². The van der Waals surface area contributed by atoms with Gasteiger partial charge in [-0.1, -0.05) is 47.5 Å². The maximum atomic E-state index is 12.8. The predicted octanol–water partition coefficient (Wildman–Crippen LogP) is 4.91. The van der Waals surface area contributed by atoms with Crippen molar-refractivity contribution in [2.24, 2.45) is 0 Å². The molecule has 24 heavy (non-hydrogen) atoms. The van der Waals surface area contributed by atoms with Crippen LogP contribution in [0.5, 0.6) is 0 Å². The van der Waals surface area contributed by atoms with E-state index in [1.165, 1.54) is 0 Å². The Morgan fingerprint density at radius 2 is 1.71 bits per heavy atom. The fourth-order valence-electron chi connectivity index (χ4n) is 2.98. The summed E-state index contributed by atoms with van der Waals surface area (Å²) >= 11 is 11.9. The molecule has 1 aliphatic rings. The Labute approximate surface area is 152 Å². The summed E-state index contributed by atoms with van der Waals surface area (Å²) in [6.45, 7) is 0.459. The fraction of sp³-hybridized carbons (Fsp3) is 0.333. The molecule has 1 fully saturated rings. The van der Waals surface area contributed by atoms with Gasteiger partial charge in [-0.25, -0.2) is 8.42 Å². The molecule has 2 aromatic carbocycles. The summed E-state index contributed by atoms with van der Waals surface area (Å²) in [5, 5.41) is 0.529. The Balaban J connectivity index is 1.62. The molecule has 2 unspecified atom stereocenters. The minimum atomic E-state index is -3.42. The number of rotatable bonds is 5. The van der Waals surface area contributed by atoms with E-state index in [1.54, 1.807) is 24.3 Å². The van der Waals surface area contributed by atoms with Gasteiger partial charge in [-0.15, -0.1) is 0 Å². The smallest absolute Gasteiger partial charge is 0.182 e. The summed E-state index contributed by atoms with van der Waals surface area (Å²) in [7, 11) is -3.42. The molecule has 0 saturated heterocycles. The Morgan fingerprint density at radius 3 is 2.42 bits per heavy atom. The van der Waals surface area contributed by atoms with Gasteiger partial charge in [0.1, 0.15) is 0 Å². The molecule has 0 bridgehead atoms. The van der Waals surface area contributed by atoms with E-state index in [1.807, 2.05) is 24.3 Å². The van der Waals surface area contributed by atoms with E-state index in [4.69, 9.17) is 27.9 Å². The monoisotopic (exact) mass is 384 g/mol. The van der Waals surface area contributed by atoms with E-state index in [2.05, 4.69) is 0 Å². The molecule has 2 aromatic rings. The molecule has 3 nitrogen and oxygen atoms in total. The van der Waals surface area contributed by atoms with Crippen molar-refractivity contribution < 1.29 is 13.2 Å². The van der Waals surface area contributed by atoms with E-state index in [0.717, 1.165) is 12.0 Å². The molecule has 0 heterocycles. The molecule has 1 saturated carbocycles. The zero-order valence-corrected chi connectivity index (χ0v) is 15.3. The molecule has 1 aliphatic carbocycles. The molecular formula is C18H18Cl2O3S. The quantitative estimate of drug-likeness (QED) is 0.735. The van der Waals surface area contributed by atoms with Gasteiger partial charge in [0, 0.05) is 5.02 Å². The van der Waals surface area contributed by atoms with Crippen molar-refractivity contribution in [1.82, 2.24) is 0 Å². The summed E-state index contributed by atoms with van der Waals surface area (Å²) in [4.78, 5) is 0.218. The van der Waals surface area contributed by atoms with E-state index < -0.39 is 15.1 Å². The third-order valence-corrected chi connectivity index (χ3v) is 7.29. The molecule has 2 atom stereocenters. The summed E-state index contributed by atoms with van der Waals surface area (Å²) in [5.41, 5.74) is 1.02. The second kappa shape index (κ2) is 7.44. The van der Waals surface area contributed by atoms with Crippen LogP contribution in [0.2, 0.25) is 10.0 Å². The first kappa shape index (κ1) is 17.7. The minimum Gasteiger partial charge on any atom is -0.373 e. The van der Waals surface area contributed by atoms with Gasteiger partial charge in [-0.2, -0.15) is 0 Å². The first-order valence-corrected chi connectivity index (χ1v) is 10.1. The van der Waals surface area contributed by atoms with Crippen LogP contribution in [0.3, 0.4) is 0 Å². The molecule has 0 radical (unpaired) electrons. The minimum absolute atomic E-state index is 0.0528. The first-order chi connectivity index (χ1) is 11.5. The van der Waals surface area contributed by atoms with Gasteiger partial charge in [0.2, 0.25) is 0 Å². The van der Waals surface area contributed by atoms with Crippen LogP contribution in [-0.4, -0.2) is 19.8 Å². The summed E-state index contributed by atoms with van der Waals surface area (Å²) in [5.74, 6) is 0. The Hall–Kier alpha value is -1.07. The van der Waals surface area contributed by atoms with Crippen LogP contribution >= 0.6 is 23.2 Å². The lowest BCUT2D eigenvalue weighted by atomic mass is 10.2. The fourth-order valence-corrected chi connectivity index (χ4v) is 5.45. The Bertz CT molecular complexity index is 803. The lowest BCUT2D eigenvalue weighted by molar-refractivity contribution is 0.0458. The van der Waals surface area contributed by atoms with E-state index >= 15 is 0 Å². The molecular weight excluding hydrogens is 367 g/mol. The molecule has 6 heteroatoms. The Kier molecular flexibility index (Phi) is 5.50. The van der Waals surface area contributed by atoms with Gasteiger partial charge in [0.25, 0.3) is 0 Å². The van der Waals surface area contributed by atoms with E-state index in [0.29, 0.717) is 24.5 Å². The number of benzene rings is 2. The second-order valence-electron chi connectivity index (χ2n) is 5.97. The largest absolute Gasteiger partial charge is 0.373 e. The zero-order chi connectivity index (χ0) is 17.2. The van der Waals surface area contributed by atoms with Crippen molar-refractivity contribution in [2.75, 3.05) is 0 Å². The average molecular weight is 385 g/mol. The summed E-state index contributed by atoms with van der Waals surface area (Å²) < 4.78 is 31.4. The average Bonchev–Trinajstić information content (AvgIpc) is 3.04. The number of ether oxygens (including phenoxy) is 1. The normalized spacial score (nSPS) is 21.1. The third-order valence-electron chi connectivity index (χ3n) is 4.32. The molecule has 0 N–H and O–H groups in total. The Morgan fingerprint density at radius 1 is 1.00 bits per heavy atom. The third kappa shape index (κ3) is 3.94. The van der Waals surface area contributed by atoms with Crippen LogP contribution in [0, 0.1) is 0 Å². The molecule has 0 spiro atoms. The topological polar surface area (TPSA) is 43.4 Å². The SMILES string of the molecule is O=S(=O)(c1ccccc1Cl)C1CCC(OCc2ccc(Cl)cc2)C1. The number of hydrogen-bond acceptors (Lipinski definition) is 3. The number of sulfone groups is 1. The van der Waals surface area contributed by atoms with Crippen LogP contribution in [0.25, 0.3) is 0 Å². The van der Waals surface area contributed by atoms with Crippen LogP contribution < -0.4 is 0 Å². The first-order valence-electron chi connectivity index (χ1n) is 7.81. The maximum Gasteiger partial charge on any atom is 0.182 e. The molecule has 0 aromatic heterocycles. The van der Waals surface area contributed by atoms with Crippen molar-refractivity contribution in [3.05, 3.63) is 64.1 Å². The summed E-state index contributed by atoms with van der Waals surface area (Å²) in [6.07, 6.45) is 1.78. The van der Waals surface area contributed by atoms with Crippen LogP contribution in [-0.2, 0) is 21.2 Å². The maximum absolute atomic E-state index is 12.8. The van der Waals surface area contributed by atoms with E-state index in [-0.39, 0.29) is 16.0 Å². The van der Waals surface area contributed by atoms with Crippen LogP contribution in [0.1, 0.15) is 24.8 Å². The molecule has 0 amide bonds. The van der Waals surface area contributed by atoms with E-state index in [9.17, 15) is 8.42 Å². The number of hydrogen-bond donors (Lipinski definition) is 0. The van der Waals surface area contributed by atoms with Gasteiger partial charge in [-0.3, -0.25) is 0 Å². The summed E-state index contributed by atoms with van der Waals surface area (Å²) in [6, 6.07) is 14.1. The molecule has 3 rings (SSSR count). The number of halogens is 2. The highest BCUT2D eigenvalue weighted by atomic mass is 35.5. The second-order valence-corrected chi connectivity index (χ2v) is 9.01. The highest BCUT2D eigenvalue weighted by molar-refractivity contribution is 7.92. The molecule has 128 valence electrons. The lowest BCUT2D eigenvalue weighted by Crippen LogP contribution is -2.20. The van der Waals surface area contributed by atoms with Crippen molar-refractivity contribution >= 4 is 33.0 Å². The van der Waals surface area contributed by atoms with Crippen molar-refractivity contribution in [3.63, 3.8) is 0 Å². The standard InChI is InChI=1S/C18H18Cl2O3S/c19-14-7-5-13(6-8-14)12-23-15-9-10-16(11-15)24(21,22)18-4-2-1-3-17(18)20/h1-8,15-16H,9-12H2. The lowest BCUT2D eigenvalue weighted by Gasteiger charge is -2.14. The van der Waals surface area contributed by atoms with Gasteiger partial charge in [0.05, 0.1) is 27.9 Å². The predicted molar refractivity (Wildman–Crippen MR) is 96.3 cm³/mol.